The molecule has 136 valence electrons. The fourth-order valence-corrected chi connectivity index (χ4v) is 4.00. The molecule has 0 aliphatic heterocycles. The molecule has 0 radical (unpaired) electrons. The van der Waals surface area contributed by atoms with Gasteiger partial charge in [-0.15, -0.1) is 5.10 Å². The monoisotopic (exact) mass is 370 g/mol. The minimum atomic E-state index is 0.287. The number of fused-ring (bicyclic) bond motifs is 1. The van der Waals surface area contributed by atoms with Gasteiger partial charge in [0.1, 0.15) is 5.82 Å². The molecule has 2 heterocycles. The molecule has 0 atom stereocenters. The molecule has 1 aliphatic carbocycles. The van der Waals surface area contributed by atoms with Crippen LogP contribution >= 0.6 is 11.6 Å². The van der Waals surface area contributed by atoms with Crippen LogP contribution in [-0.4, -0.2) is 20.6 Å². The number of imidazole rings is 1. The minimum absolute atomic E-state index is 0.287. The van der Waals surface area contributed by atoms with Gasteiger partial charge in [-0.25, -0.2) is 9.50 Å². The van der Waals surface area contributed by atoms with E-state index >= 15 is 0 Å². The van der Waals surface area contributed by atoms with E-state index in [2.05, 4.69) is 15.4 Å². The number of halogens is 1. The van der Waals surface area contributed by atoms with Crippen molar-refractivity contribution in [1.29, 1.82) is 0 Å². The highest BCUT2D eigenvalue weighted by Gasteiger charge is 2.27. The van der Waals surface area contributed by atoms with Crippen molar-refractivity contribution in [3.05, 3.63) is 52.8 Å². The Morgan fingerprint density at radius 2 is 1.96 bits per heavy atom. The number of nitrogen functional groups attached to an aromatic ring is 1. The summed E-state index contributed by atoms with van der Waals surface area (Å²) in [6.45, 7) is 0.602. The molecule has 0 unspecified atom stereocenters. The smallest absolute Gasteiger partial charge is 0.177 e. The van der Waals surface area contributed by atoms with E-state index in [0.29, 0.717) is 18.3 Å². The highest BCUT2D eigenvalue weighted by atomic mass is 35.5. The molecule has 1 saturated carbocycles. The number of anilines is 2. The van der Waals surface area contributed by atoms with Crippen LogP contribution in [-0.2, 0) is 6.54 Å². The summed E-state index contributed by atoms with van der Waals surface area (Å²) in [5.74, 6) is 0.898. The molecule has 0 amide bonds. The largest absolute Gasteiger partial charge is 0.382 e. The van der Waals surface area contributed by atoms with Crippen molar-refractivity contribution in [3.63, 3.8) is 0 Å². The number of nitrogens with one attached hydrogen (secondary N) is 1. The van der Waals surface area contributed by atoms with E-state index in [-0.39, 0.29) is 6.04 Å². The Morgan fingerprint density at radius 1 is 1.19 bits per heavy atom. The predicted molar refractivity (Wildman–Crippen MR) is 105 cm³/mol. The molecule has 1 aliphatic rings. The fourth-order valence-electron chi connectivity index (χ4n) is 3.80. The number of hydrogen-bond donors (Lipinski definition) is 3. The number of aromatic nitrogens is 3. The quantitative estimate of drug-likeness (QED) is 0.652. The summed E-state index contributed by atoms with van der Waals surface area (Å²) in [5.41, 5.74) is 16.3. The number of benzene rings is 1. The number of rotatable bonds is 4. The van der Waals surface area contributed by atoms with Gasteiger partial charge in [0.2, 0.25) is 0 Å². The molecule has 5 N–H and O–H groups in total. The van der Waals surface area contributed by atoms with Gasteiger partial charge < -0.3 is 16.8 Å². The molecule has 1 aromatic carbocycles. The van der Waals surface area contributed by atoms with Crippen LogP contribution < -0.4 is 16.8 Å². The van der Waals surface area contributed by atoms with Gasteiger partial charge in [-0.3, -0.25) is 0 Å². The molecule has 3 aromatic rings. The summed E-state index contributed by atoms with van der Waals surface area (Å²) in [6, 6.07) is 8.11. The molecular formula is C19H23ClN6. The van der Waals surface area contributed by atoms with Crippen LogP contribution in [0, 0.1) is 0 Å². The standard InChI is InChI=1S/C19H23ClN6/c20-15-4-2-1-3-13(15)11-24-17-16(12-5-7-14(21)8-6-12)18(22)25-26-10-9-23-19(17)26/h1-4,9-10,12,14,24H,5-8,11,21H2,(H2,22,25)/t12-,14-. The van der Waals surface area contributed by atoms with E-state index in [1.54, 1.807) is 10.7 Å². The Labute approximate surface area is 157 Å². The van der Waals surface area contributed by atoms with Gasteiger partial charge in [0.25, 0.3) is 0 Å². The molecule has 2 aromatic heterocycles. The van der Waals surface area contributed by atoms with Crippen molar-refractivity contribution >= 4 is 28.8 Å². The normalized spacial score (nSPS) is 20.4. The zero-order valence-electron chi connectivity index (χ0n) is 14.5. The maximum Gasteiger partial charge on any atom is 0.177 e. The third-order valence-electron chi connectivity index (χ3n) is 5.20. The summed E-state index contributed by atoms with van der Waals surface area (Å²) in [4.78, 5) is 4.49. The topological polar surface area (TPSA) is 94.3 Å². The molecule has 4 rings (SSSR count). The first kappa shape index (κ1) is 17.1. The maximum atomic E-state index is 6.35. The molecule has 6 nitrogen and oxygen atoms in total. The van der Waals surface area contributed by atoms with Gasteiger partial charge in [-0.2, -0.15) is 0 Å². The molecule has 26 heavy (non-hydrogen) atoms. The van der Waals surface area contributed by atoms with Gasteiger partial charge in [0.05, 0.1) is 5.69 Å². The van der Waals surface area contributed by atoms with E-state index in [1.165, 1.54) is 0 Å². The third-order valence-corrected chi connectivity index (χ3v) is 5.57. The van der Waals surface area contributed by atoms with Gasteiger partial charge >= 0.3 is 0 Å². The summed E-state index contributed by atoms with van der Waals surface area (Å²) in [7, 11) is 0. The molecule has 0 bridgehead atoms. The zero-order chi connectivity index (χ0) is 18.1. The van der Waals surface area contributed by atoms with Crippen LogP contribution in [0.3, 0.4) is 0 Å². The van der Waals surface area contributed by atoms with Gasteiger partial charge in [-0.1, -0.05) is 29.8 Å². The van der Waals surface area contributed by atoms with Crippen molar-refractivity contribution < 1.29 is 0 Å². The van der Waals surface area contributed by atoms with Gasteiger partial charge in [-0.05, 0) is 43.2 Å². The summed E-state index contributed by atoms with van der Waals surface area (Å²) < 4.78 is 1.72. The van der Waals surface area contributed by atoms with Crippen LogP contribution in [0.2, 0.25) is 5.02 Å². The van der Waals surface area contributed by atoms with Crippen LogP contribution in [0.5, 0.6) is 0 Å². The molecule has 7 heteroatoms. The van der Waals surface area contributed by atoms with Gasteiger partial charge in [0.15, 0.2) is 5.65 Å². The Kier molecular flexibility index (Phi) is 4.70. The second-order valence-electron chi connectivity index (χ2n) is 6.93. The lowest BCUT2D eigenvalue weighted by molar-refractivity contribution is 0.396. The molecule has 0 spiro atoms. The van der Waals surface area contributed by atoms with E-state index in [9.17, 15) is 0 Å². The van der Waals surface area contributed by atoms with Crippen molar-refractivity contribution in [2.75, 3.05) is 11.1 Å². The predicted octanol–water partition coefficient (Wildman–Crippen LogP) is 3.56. The molecule has 0 saturated heterocycles. The Bertz CT molecular complexity index is 914. The lowest BCUT2D eigenvalue weighted by Gasteiger charge is -2.28. The van der Waals surface area contributed by atoms with Crippen molar-refractivity contribution in [2.45, 2.75) is 44.2 Å². The van der Waals surface area contributed by atoms with E-state index < -0.39 is 0 Å². The fraction of sp³-hybridized carbons (Fsp3) is 0.368. The Morgan fingerprint density at radius 3 is 2.73 bits per heavy atom. The number of nitrogens with zero attached hydrogens (tertiary/aromatic N) is 3. The lowest BCUT2D eigenvalue weighted by Crippen LogP contribution is -2.26. The summed E-state index contributed by atoms with van der Waals surface area (Å²) in [6.07, 6.45) is 7.60. The van der Waals surface area contributed by atoms with Gasteiger partial charge in [0, 0.05) is 35.6 Å². The third kappa shape index (κ3) is 3.22. The van der Waals surface area contributed by atoms with Crippen molar-refractivity contribution in [1.82, 2.24) is 14.6 Å². The van der Waals surface area contributed by atoms with Crippen molar-refractivity contribution in [3.8, 4) is 0 Å². The lowest BCUT2D eigenvalue weighted by atomic mass is 9.81. The maximum absolute atomic E-state index is 6.35. The Hall–Kier alpha value is -2.31. The Balaban J connectivity index is 1.72. The average Bonchev–Trinajstić information content (AvgIpc) is 3.10. The molecular weight excluding hydrogens is 348 g/mol. The van der Waals surface area contributed by atoms with Crippen LogP contribution in [0.25, 0.3) is 5.65 Å². The molecule has 1 fully saturated rings. The highest BCUT2D eigenvalue weighted by Crippen LogP contribution is 2.40. The second kappa shape index (κ2) is 7.13. The first-order valence-electron chi connectivity index (χ1n) is 8.99. The second-order valence-corrected chi connectivity index (χ2v) is 7.33. The number of hydrogen-bond acceptors (Lipinski definition) is 5. The van der Waals surface area contributed by atoms with E-state index in [4.69, 9.17) is 23.1 Å². The first-order valence-corrected chi connectivity index (χ1v) is 9.37. The van der Waals surface area contributed by atoms with Crippen LogP contribution in [0.4, 0.5) is 11.5 Å². The van der Waals surface area contributed by atoms with E-state index in [1.807, 2.05) is 30.5 Å². The highest BCUT2D eigenvalue weighted by molar-refractivity contribution is 6.31. The van der Waals surface area contributed by atoms with E-state index in [0.717, 1.165) is 53.2 Å². The van der Waals surface area contributed by atoms with Crippen molar-refractivity contribution in [2.24, 2.45) is 5.73 Å². The number of nitrogens with two attached hydrogens (primary N) is 2. The zero-order valence-corrected chi connectivity index (χ0v) is 15.3. The SMILES string of the molecule is Nc1nn2ccnc2c(NCc2ccccc2Cl)c1[C@H]1CC[C@H](N)CC1. The summed E-state index contributed by atoms with van der Waals surface area (Å²) in [5, 5.41) is 8.77. The minimum Gasteiger partial charge on any atom is -0.382 e. The van der Waals surface area contributed by atoms with Crippen LogP contribution in [0.1, 0.15) is 42.7 Å². The average molecular weight is 371 g/mol. The summed E-state index contributed by atoms with van der Waals surface area (Å²) >= 11 is 6.31. The first-order chi connectivity index (χ1) is 12.6. The van der Waals surface area contributed by atoms with Crippen LogP contribution in [0.15, 0.2) is 36.7 Å².